The number of ether oxygens (including phenoxy) is 1. The number of nitriles is 1. The first-order valence-corrected chi connectivity index (χ1v) is 8.10. The highest BCUT2D eigenvalue weighted by Gasteiger charge is 2.18. The van der Waals surface area contributed by atoms with Gasteiger partial charge in [-0.05, 0) is 50.2 Å². The molecule has 0 aliphatic rings. The minimum absolute atomic E-state index is 0.201. The van der Waals surface area contributed by atoms with Crippen molar-refractivity contribution < 1.29 is 9.53 Å². The summed E-state index contributed by atoms with van der Waals surface area (Å²) in [6.07, 6.45) is 0. The van der Waals surface area contributed by atoms with E-state index in [1.807, 2.05) is 37.3 Å². The molecule has 1 aromatic heterocycles. The van der Waals surface area contributed by atoms with E-state index in [1.54, 1.807) is 35.9 Å². The molecule has 1 amide bonds. The third-order valence-electron chi connectivity index (χ3n) is 3.80. The summed E-state index contributed by atoms with van der Waals surface area (Å²) in [6.45, 7) is 4.28. The minimum atomic E-state index is -0.414. The average molecular weight is 347 g/mol. The maximum atomic E-state index is 12.5. The fraction of sp³-hybridized carbons (Fsp3) is 0.158. The second-order valence-corrected chi connectivity index (χ2v) is 5.47. The van der Waals surface area contributed by atoms with Gasteiger partial charge in [0.15, 0.2) is 5.69 Å². The highest BCUT2D eigenvalue weighted by molar-refractivity contribution is 6.04. The number of anilines is 1. The fourth-order valence-corrected chi connectivity index (χ4v) is 2.51. The highest BCUT2D eigenvalue weighted by atomic mass is 16.5. The SMILES string of the molecule is CCOc1ccc(-n2nnc(C(=O)Nc3ccccc3C#N)c2C)cc1. The van der Waals surface area contributed by atoms with Crippen LogP contribution in [0.3, 0.4) is 0 Å². The fourth-order valence-electron chi connectivity index (χ4n) is 2.51. The first-order valence-electron chi connectivity index (χ1n) is 8.10. The number of hydrogen-bond acceptors (Lipinski definition) is 5. The second-order valence-electron chi connectivity index (χ2n) is 5.47. The van der Waals surface area contributed by atoms with Crippen LogP contribution in [0.1, 0.15) is 28.7 Å². The Balaban J connectivity index is 1.84. The number of nitrogens with zero attached hydrogens (tertiary/aromatic N) is 4. The van der Waals surface area contributed by atoms with Crippen LogP contribution in [0.15, 0.2) is 48.5 Å². The Morgan fingerprint density at radius 1 is 1.23 bits per heavy atom. The Kier molecular flexibility index (Phi) is 4.94. The first kappa shape index (κ1) is 17.2. The van der Waals surface area contributed by atoms with Crippen LogP contribution in [0.2, 0.25) is 0 Å². The van der Waals surface area contributed by atoms with Crippen molar-refractivity contribution in [1.82, 2.24) is 15.0 Å². The van der Waals surface area contributed by atoms with Crippen LogP contribution in [-0.4, -0.2) is 27.5 Å². The van der Waals surface area contributed by atoms with Crippen LogP contribution < -0.4 is 10.1 Å². The highest BCUT2D eigenvalue weighted by Crippen LogP contribution is 2.19. The molecule has 7 heteroatoms. The van der Waals surface area contributed by atoms with E-state index in [0.717, 1.165) is 11.4 Å². The predicted molar refractivity (Wildman–Crippen MR) is 96.4 cm³/mol. The third-order valence-corrected chi connectivity index (χ3v) is 3.80. The van der Waals surface area contributed by atoms with Crippen molar-refractivity contribution in [3.05, 3.63) is 65.5 Å². The molecule has 3 rings (SSSR count). The molecule has 26 heavy (non-hydrogen) atoms. The standard InChI is InChI=1S/C19H17N5O2/c1-3-26-16-10-8-15(9-11-16)24-13(2)18(22-23-24)19(25)21-17-7-5-4-6-14(17)12-20/h4-11H,3H2,1-2H3,(H,21,25). The lowest BCUT2D eigenvalue weighted by molar-refractivity contribution is 0.102. The molecule has 0 aliphatic carbocycles. The molecule has 0 fully saturated rings. The Labute approximate surface area is 150 Å². The van der Waals surface area contributed by atoms with Crippen LogP contribution in [0, 0.1) is 18.3 Å². The van der Waals surface area contributed by atoms with Gasteiger partial charge >= 0.3 is 0 Å². The molecule has 2 aromatic carbocycles. The number of hydrogen-bond donors (Lipinski definition) is 1. The van der Waals surface area contributed by atoms with E-state index < -0.39 is 5.91 Å². The molecule has 1 heterocycles. The molecule has 1 N–H and O–H groups in total. The van der Waals surface area contributed by atoms with Crippen LogP contribution in [0.4, 0.5) is 5.69 Å². The lowest BCUT2D eigenvalue weighted by atomic mass is 10.2. The molecule has 0 saturated heterocycles. The number of para-hydroxylation sites is 1. The van der Waals surface area contributed by atoms with Crippen LogP contribution in [-0.2, 0) is 0 Å². The lowest BCUT2D eigenvalue weighted by Crippen LogP contribution is -2.15. The molecule has 0 aliphatic heterocycles. The van der Waals surface area contributed by atoms with Gasteiger partial charge in [0.05, 0.1) is 29.2 Å². The van der Waals surface area contributed by atoms with Crippen molar-refractivity contribution in [2.24, 2.45) is 0 Å². The third kappa shape index (κ3) is 3.39. The lowest BCUT2D eigenvalue weighted by Gasteiger charge is -2.07. The maximum absolute atomic E-state index is 12.5. The molecule has 0 radical (unpaired) electrons. The molecule has 0 bridgehead atoms. The molecule has 130 valence electrons. The van der Waals surface area contributed by atoms with Crippen molar-refractivity contribution >= 4 is 11.6 Å². The first-order chi connectivity index (χ1) is 12.6. The Morgan fingerprint density at radius 2 is 1.96 bits per heavy atom. The molecular formula is C19H17N5O2. The number of nitrogens with one attached hydrogen (secondary N) is 1. The number of aromatic nitrogens is 3. The predicted octanol–water partition coefficient (Wildman–Crippen LogP) is 3.10. The number of carbonyl (C=O) groups excluding carboxylic acids is 1. The molecular weight excluding hydrogens is 330 g/mol. The number of amides is 1. The Bertz CT molecular complexity index is 970. The van der Waals surface area contributed by atoms with E-state index in [9.17, 15) is 4.79 Å². The zero-order valence-electron chi connectivity index (χ0n) is 14.4. The summed E-state index contributed by atoms with van der Waals surface area (Å²) in [5.41, 5.74) is 2.40. The minimum Gasteiger partial charge on any atom is -0.494 e. The van der Waals surface area contributed by atoms with Gasteiger partial charge in [-0.15, -0.1) is 5.10 Å². The van der Waals surface area contributed by atoms with Gasteiger partial charge in [-0.25, -0.2) is 4.68 Å². The van der Waals surface area contributed by atoms with E-state index in [0.29, 0.717) is 23.6 Å². The largest absolute Gasteiger partial charge is 0.494 e. The zero-order valence-corrected chi connectivity index (χ0v) is 14.4. The maximum Gasteiger partial charge on any atom is 0.278 e. The molecule has 0 atom stereocenters. The smallest absolute Gasteiger partial charge is 0.278 e. The Morgan fingerprint density at radius 3 is 2.65 bits per heavy atom. The molecule has 7 nitrogen and oxygen atoms in total. The normalized spacial score (nSPS) is 10.2. The van der Waals surface area contributed by atoms with Crippen molar-refractivity contribution in [2.45, 2.75) is 13.8 Å². The summed E-state index contributed by atoms with van der Waals surface area (Å²) < 4.78 is 7.01. The quantitative estimate of drug-likeness (QED) is 0.765. The van der Waals surface area contributed by atoms with Crippen molar-refractivity contribution in [3.8, 4) is 17.5 Å². The Hall–Kier alpha value is -3.66. The van der Waals surface area contributed by atoms with Crippen LogP contribution >= 0.6 is 0 Å². The van der Waals surface area contributed by atoms with E-state index in [-0.39, 0.29) is 5.69 Å². The topological polar surface area (TPSA) is 92.8 Å². The second kappa shape index (κ2) is 7.49. The molecule has 0 unspecified atom stereocenters. The van der Waals surface area contributed by atoms with Gasteiger partial charge in [0.25, 0.3) is 5.91 Å². The number of carbonyl (C=O) groups is 1. The van der Waals surface area contributed by atoms with Gasteiger partial charge in [0.2, 0.25) is 0 Å². The van der Waals surface area contributed by atoms with Crippen LogP contribution in [0.5, 0.6) is 5.75 Å². The van der Waals surface area contributed by atoms with Gasteiger partial charge in [-0.2, -0.15) is 5.26 Å². The van der Waals surface area contributed by atoms with E-state index in [2.05, 4.69) is 15.6 Å². The summed E-state index contributed by atoms with van der Waals surface area (Å²) in [5, 5.41) is 19.9. The van der Waals surface area contributed by atoms with Gasteiger partial charge in [-0.3, -0.25) is 4.79 Å². The van der Waals surface area contributed by atoms with Crippen molar-refractivity contribution in [3.63, 3.8) is 0 Å². The molecule has 0 spiro atoms. The van der Waals surface area contributed by atoms with Gasteiger partial charge in [-0.1, -0.05) is 17.3 Å². The molecule has 0 saturated carbocycles. The number of rotatable bonds is 5. The van der Waals surface area contributed by atoms with E-state index >= 15 is 0 Å². The summed E-state index contributed by atoms with van der Waals surface area (Å²) in [4.78, 5) is 12.5. The van der Waals surface area contributed by atoms with Gasteiger partial charge in [0, 0.05) is 0 Å². The molecule has 3 aromatic rings. The summed E-state index contributed by atoms with van der Waals surface area (Å²) in [7, 11) is 0. The van der Waals surface area contributed by atoms with Crippen molar-refractivity contribution in [2.75, 3.05) is 11.9 Å². The van der Waals surface area contributed by atoms with Gasteiger partial charge < -0.3 is 10.1 Å². The summed E-state index contributed by atoms with van der Waals surface area (Å²) >= 11 is 0. The average Bonchev–Trinajstić information content (AvgIpc) is 3.04. The number of benzene rings is 2. The van der Waals surface area contributed by atoms with E-state index in [4.69, 9.17) is 10.00 Å². The van der Waals surface area contributed by atoms with Gasteiger partial charge in [0.1, 0.15) is 11.8 Å². The van der Waals surface area contributed by atoms with Crippen molar-refractivity contribution in [1.29, 1.82) is 5.26 Å². The van der Waals surface area contributed by atoms with E-state index in [1.165, 1.54) is 0 Å². The summed E-state index contributed by atoms with van der Waals surface area (Å²) in [5.74, 6) is 0.350. The summed E-state index contributed by atoms with van der Waals surface area (Å²) in [6, 6.07) is 16.2. The monoisotopic (exact) mass is 347 g/mol. The zero-order chi connectivity index (χ0) is 18.5. The van der Waals surface area contributed by atoms with Crippen LogP contribution in [0.25, 0.3) is 5.69 Å².